The van der Waals surface area contributed by atoms with Crippen molar-refractivity contribution in [3.05, 3.63) is 85.2 Å². The number of para-hydroxylation sites is 2. The molecule has 0 spiro atoms. The van der Waals surface area contributed by atoms with Crippen LogP contribution in [0.1, 0.15) is 6.92 Å². The molecule has 0 unspecified atom stereocenters. The summed E-state index contributed by atoms with van der Waals surface area (Å²) in [6.07, 6.45) is 4.79. The number of carboxylic acid groups (broad SMARTS) is 2. The van der Waals surface area contributed by atoms with Crippen LogP contribution in [0.15, 0.2) is 85.2 Å². The Hall–Kier alpha value is -4.13. The molecule has 7 heteroatoms. The van der Waals surface area contributed by atoms with Crippen LogP contribution in [0.4, 0.5) is 5.69 Å². The Balaban J connectivity index is 0.000000275. The van der Waals surface area contributed by atoms with Gasteiger partial charge in [-0.2, -0.15) is 0 Å². The molecular formula is C23H21N3O4. The summed E-state index contributed by atoms with van der Waals surface area (Å²) in [7, 11) is 0. The van der Waals surface area contributed by atoms with Crippen molar-refractivity contribution in [3.8, 4) is 0 Å². The van der Waals surface area contributed by atoms with E-state index in [0.29, 0.717) is 12.2 Å². The van der Waals surface area contributed by atoms with E-state index in [9.17, 15) is 9.59 Å². The average Bonchev–Trinajstić information content (AvgIpc) is 3.09. The van der Waals surface area contributed by atoms with Gasteiger partial charge in [0.2, 0.25) is 0 Å². The first-order chi connectivity index (χ1) is 14.5. The second kappa shape index (κ2) is 9.38. The maximum absolute atomic E-state index is 9.55. The van der Waals surface area contributed by atoms with Crippen molar-refractivity contribution in [1.82, 2.24) is 9.66 Å². The van der Waals surface area contributed by atoms with E-state index in [2.05, 4.69) is 70.1 Å². The predicted molar refractivity (Wildman–Crippen MR) is 117 cm³/mol. The summed E-state index contributed by atoms with van der Waals surface area (Å²) < 4.78 is 2.31. The van der Waals surface area contributed by atoms with Crippen LogP contribution in [0.2, 0.25) is 0 Å². The van der Waals surface area contributed by atoms with Crippen molar-refractivity contribution in [2.24, 2.45) is 0 Å². The minimum Gasteiger partial charge on any atom is -0.478 e. The number of carbonyl (C=O) groups is 2. The fourth-order valence-electron chi connectivity index (χ4n) is 3.26. The molecule has 0 fully saturated rings. The molecule has 0 atom stereocenters. The lowest BCUT2D eigenvalue weighted by molar-refractivity contribution is -0.134. The van der Waals surface area contributed by atoms with E-state index >= 15 is 0 Å². The Labute approximate surface area is 173 Å². The fourth-order valence-corrected chi connectivity index (χ4v) is 3.26. The monoisotopic (exact) mass is 403 g/mol. The summed E-state index contributed by atoms with van der Waals surface area (Å²) in [5.74, 6) is -2.51. The van der Waals surface area contributed by atoms with Crippen LogP contribution in [0.5, 0.6) is 0 Å². The van der Waals surface area contributed by atoms with Gasteiger partial charge in [0.25, 0.3) is 0 Å². The average molecular weight is 403 g/mol. The number of fused-ring (bicyclic) bond motifs is 3. The number of nitrogens with zero attached hydrogens (tertiary/aromatic N) is 3. The molecule has 4 rings (SSSR count). The van der Waals surface area contributed by atoms with Gasteiger partial charge in [-0.05, 0) is 31.2 Å². The zero-order chi connectivity index (χ0) is 21.5. The maximum Gasteiger partial charge on any atom is 0.328 e. The number of hydrogen-bond acceptors (Lipinski definition) is 4. The Morgan fingerprint density at radius 3 is 1.77 bits per heavy atom. The van der Waals surface area contributed by atoms with Gasteiger partial charge in [-0.25, -0.2) is 9.59 Å². The van der Waals surface area contributed by atoms with E-state index in [1.807, 2.05) is 24.5 Å². The van der Waals surface area contributed by atoms with E-state index in [0.717, 1.165) is 12.2 Å². The van der Waals surface area contributed by atoms with Crippen LogP contribution >= 0.6 is 0 Å². The van der Waals surface area contributed by atoms with Crippen molar-refractivity contribution in [3.63, 3.8) is 0 Å². The van der Waals surface area contributed by atoms with E-state index in [1.54, 1.807) is 0 Å². The molecule has 152 valence electrons. The van der Waals surface area contributed by atoms with Crippen LogP contribution in [0.25, 0.3) is 21.8 Å². The SMILES string of the molecule is CCN(c1ccncc1)n1c2ccccc2c2ccccc21.O=C(O)C=CC(=O)O. The lowest BCUT2D eigenvalue weighted by atomic mass is 10.2. The molecule has 0 aliphatic rings. The molecule has 7 nitrogen and oxygen atoms in total. The zero-order valence-electron chi connectivity index (χ0n) is 16.3. The summed E-state index contributed by atoms with van der Waals surface area (Å²) in [5, 5.41) is 20.5. The fraction of sp³-hybridized carbons (Fsp3) is 0.0870. The summed E-state index contributed by atoms with van der Waals surface area (Å²) in [5.41, 5.74) is 3.59. The zero-order valence-corrected chi connectivity index (χ0v) is 16.3. The number of anilines is 1. The van der Waals surface area contributed by atoms with Gasteiger partial charge in [-0.15, -0.1) is 0 Å². The van der Waals surface area contributed by atoms with Gasteiger partial charge in [0.15, 0.2) is 0 Å². The van der Waals surface area contributed by atoms with Gasteiger partial charge in [-0.3, -0.25) is 14.7 Å². The molecular weight excluding hydrogens is 382 g/mol. The molecule has 2 aromatic carbocycles. The summed E-state index contributed by atoms with van der Waals surface area (Å²) in [6.45, 7) is 3.05. The highest BCUT2D eigenvalue weighted by atomic mass is 16.4. The number of carboxylic acids is 2. The van der Waals surface area contributed by atoms with Crippen LogP contribution in [-0.4, -0.2) is 38.4 Å². The highest BCUT2D eigenvalue weighted by Crippen LogP contribution is 2.31. The van der Waals surface area contributed by atoms with Crippen molar-refractivity contribution in [2.75, 3.05) is 11.6 Å². The van der Waals surface area contributed by atoms with Gasteiger partial charge in [0.05, 0.1) is 16.7 Å². The summed E-state index contributed by atoms with van der Waals surface area (Å²) in [4.78, 5) is 23.2. The minimum atomic E-state index is -1.26. The predicted octanol–water partition coefficient (Wildman–Crippen LogP) is 4.19. The van der Waals surface area contributed by atoms with Crippen LogP contribution in [0.3, 0.4) is 0 Å². The molecule has 0 saturated heterocycles. The maximum atomic E-state index is 9.55. The number of aromatic nitrogens is 2. The first-order valence-electron chi connectivity index (χ1n) is 9.33. The number of aliphatic carboxylic acids is 2. The molecule has 0 aliphatic carbocycles. The summed E-state index contributed by atoms with van der Waals surface area (Å²) in [6, 6.07) is 21.2. The van der Waals surface area contributed by atoms with Crippen molar-refractivity contribution < 1.29 is 19.8 Å². The number of benzene rings is 2. The quantitative estimate of drug-likeness (QED) is 0.485. The number of hydrogen-bond donors (Lipinski definition) is 2. The molecule has 0 radical (unpaired) electrons. The molecule has 2 heterocycles. The van der Waals surface area contributed by atoms with E-state index < -0.39 is 11.9 Å². The number of rotatable bonds is 5. The molecule has 0 saturated carbocycles. The number of pyridine rings is 1. The van der Waals surface area contributed by atoms with Gasteiger partial charge < -0.3 is 10.2 Å². The largest absolute Gasteiger partial charge is 0.478 e. The van der Waals surface area contributed by atoms with E-state index in [-0.39, 0.29) is 0 Å². The second-order valence-electron chi connectivity index (χ2n) is 6.28. The standard InChI is InChI=1S/C19H17N3.C4H4O4/c1-2-21(15-11-13-20-14-12-15)22-18-9-5-3-7-16(18)17-8-4-6-10-19(17)22;5-3(6)1-2-4(7)8/h3-14H,2H2,1H3;1-2H,(H,5,6)(H,7,8). The second-order valence-corrected chi connectivity index (χ2v) is 6.28. The van der Waals surface area contributed by atoms with Crippen LogP contribution < -0.4 is 5.01 Å². The van der Waals surface area contributed by atoms with Crippen LogP contribution in [-0.2, 0) is 9.59 Å². The lowest BCUT2D eigenvalue weighted by Gasteiger charge is -2.26. The van der Waals surface area contributed by atoms with Gasteiger partial charge in [0.1, 0.15) is 0 Å². The van der Waals surface area contributed by atoms with Crippen LogP contribution in [0, 0.1) is 0 Å². The van der Waals surface area contributed by atoms with Gasteiger partial charge in [0, 0.05) is 41.9 Å². The molecule has 0 aliphatic heterocycles. The highest BCUT2D eigenvalue weighted by molar-refractivity contribution is 6.08. The normalized spacial score (nSPS) is 10.7. The Kier molecular flexibility index (Phi) is 6.44. The molecule has 2 aromatic heterocycles. The lowest BCUT2D eigenvalue weighted by Crippen LogP contribution is -2.28. The summed E-state index contributed by atoms with van der Waals surface area (Å²) >= 11 is 0. The Bertz CT molecular complexity index is 1130. The van der Waals surface area contributed by atoms with Gasteiger partial charge >= 0.3 is 11.9 Å². The topological polar surface area (TPSA) is 95.7 Å². The van der Waals surface area contributed by atoms with E-state index in [1.165, 1.54) is 21.8 Å². The first-order valence-corrected chi connectivity index (χ1v) is 9.33. The molecule has 2 N–H and O–H groups in total. The first kappa shape index (κ1) is 20.6. The van der Waals surface area contributed by atoms with Crippen molar-refractivity contribution in [2.45, 2.75) is 6.92 Å². The molecule has 30 heavy (non-hydrogen) atoms. The minimum absolute atomic E-state index is 0.558. The third-order valence-corrected chi connectivity index (χ3v) is 4.42. The van der Waals surface area contributed by atoms with Crippen molar-refractivity contribution in [1.29, 1.82) is 0 Å². The Morgan fingerprint density at radius 1 is 0.867 bits per heavy atom. The van der Waals surface area contributed by atoms with Crippen molar-refractivity contribution >= 4 is 39.4 Å². The Morgan fingerprint density at radius 2 is 1.33 bits per heavy atom. The highest BCUT2D eigenvalue weighted by Gasteiger charge is 2.15. The smallest absolute Gasteiger partial charge is 0.328 e. The van der Waals surface area contributed by atoms with E-state index in [4.69, 9.17) is 10.2 Å². The third kappa shape index (κ3) is 4.47. The third-order valence-electron chi connectivity index (χ3n) is 4.42. The van der Waals surface area contributed by atoms with Gasteiger partial charge in [-0.1, -0.05) is 36.4 Å². The molecule has 0 amide bonds. The molecule has 4 aromatic rings. The molecule has 0 bridgehead atoms.